The average molecular weight is 1580 g/mol. The van der Waals surface area contributed by atoms with Crippen LogP contribution in [0.1, 0.15) is 213 Å². The fraction of sp³-hybridized carbons (Fsp3) is 0.610. The van der Waals surface area contributed by atoms with Gasteiger partial charge in [0.15, 0.2) is 0 Å². The molecule has 2 aromatic heterocycles. The minimum Gasteiger partial charge on any atom is -0.465 e. The molecule has 0 bridgehead atoms. The minimum absolute atomic E-state index is 0. The summed E-state index contributed by atoms with van der Waals surface area (Å²) in [5.74, 6) is -6.54. The van der Waals surface area contributed by atoms with Crippen molar-refractivity contribution in [3.05, 3.63) is 129 Å². The predicted molar refractivity (Wildman–Crippen MR) is 424 cm³/mol. The van der Waals surface area contributed by atoms with E-state index in [0.717, 1.165) is 19.3 Å². The molecular weight excluding hydrogens is 1450 g/mol. The number of H-pyrrole nitrogens is 2. The van der Waals surface area contributed by atoms with Gasteiger partial charge in [0.25, 0.3) is 11.1 Å². The van der Waals surface area contributed by atoms with Crippen LogP contribution in [0.2, 0.25) is 0 Å². The first kappa shape index (κ1) is 108. The Kier molecular flexibility index (Phi) is 53.4. The lowest BCUT2D eigenvalue weighted by atomic mass is 9.73. The smallest absolute Gasteiger partial charge is 0.333 e. The average Bonchev–Trinajstić information content (AvgIpc) is 0.818. The standard InChI is InChI=1S/C42H67N3O12.C18H26O6.C13H17N3O4.C7H12O2.2CH4/c1-13-17-19-53-35(49)30(24-41(12,15-3)38(52)54-20-18-43-32(46)22-31-44-29(7)21-33(47)45-31)23-40(10,11)37(51)57-27-42(16-4,25-55-34(48)28(5)6)26-56-36(50)39(8,9)14-2;1-8-18(9-22-15(19)12(2)3,10-23-16(20)13(4)5)11-24-17(21)14(6)7;1-8(2)13(19)20-5-4-14-11(17)7-10-15-9(3)6-12(18)16-10;1-3-5-6-9-7(8)4-2;;/h21,30H,5,13-20,22-27H2,1-4,6-12H3,(H,43,46)(H,44,45,47);2,4,6,8-11H2,1,3,5,7H3;6H,1,4-5,7H2,2-3H3,(H,14,17)(H,15,16,18);4H,2-3,5-6H2,1H3;2*1H4. The summed E-state index contributed by atoms with van der Waals surface area (Å²) < 4.78 is 53.2. The zero-order valence-electron chi connectivity index (χ0n) is 68.2. The Labute approximate surface area is 662 Å². The zero-order valence-corrected chi connectivity index (χ0v) is 68.2. The largest absolute Gasteiger partial charge is 0.465 e. The van der Waals surface area contributed by atoms with Crippen LogP contribution in [0.3, 0.4) is 0 Å². The summed E-state index contributed by atoms with van der Waals surface area (Å²) in [7, 11) is 0. The zero-order chi connectivity index (χ0) is 84.8. The second kappa shape index (κ2) is 55.3. The number of aromatic amines is 2. The van der Waals surface area contributed by atoms with E-state index in [0.29, 0.717) is 61.5 Å². The van der Waals surface area contributed by atoms with E-state index in [1.807, 2.05) is 27.7 Å². The summed E-state index contributed by atoms with van der Waals surface area (Å²) in [6.45, 7) is 51.4. The topological polar surface area (TPSA) is 413 Å². The fourth-order valence-corrected chi connectivity index (χ4v) is 8.71. The molecule has 4 N–H and O–H groups in total. The van der Waals surface area contributed by atoms with Crippen LogP contribution in [-0.2, 0) is 118 Å². The SMILES string of the molecule is C.C.C=C(C)C(=O)OCC(CC)(COC(=O)C(=C)C)COC(=O)C(=C)C.C=C(C)C(=O)OCC(CC)(COC(=O)C(C)(C)CC)COC(=O)C(C)(C)CC(CC(C)(CC)C(=O)OCCNC(=O)Cc1nc(C)cc(=O)[nH]1)C(=O)OCCCC.C=C(C)C(=O)OCCNC(=O)Cc1nc(C)cc(=O)[nH]1.C=CC(=O)OCCCC. The van der Waals surface area contributed by atoms with Crippen molar-refractivity contribution in [1.29, 1.82) is 0 Å². The highest BCUT2D eigenvalue weighted by Gasteiger charge is 2.45. The van der Waals surface area contributed by atoms with Gasteiger partial charge in [-0.25, -0.2) is 38.7 Å². The molecule has 632 valence electrons. The van der Waals surface area contributed by atoms with E-state index in [2.05, 4.69) is 74.8 Å². The van der Waals surface area contributed by atoms with Crippen molar-refractivity contribution >= 4 is 71.5 Å². The molecule has 2 heterocycles. The third-order valence-corrected chi connectivity index (χ3v) is 16.8. The maximum Gasteiger partial charge on any atom is 0.333 e. The van der Waals surface area contributed by atoms with Crippen molar-refractivity contribution in [1.82, 2.24) is 30.6 Å². The first-order chi connectivity index (χ1) is 51.2. The van der Waals surface area contributed by atoms with Crippen LogP contribution < -0.4 is 21.8 Å². The molecule has 2 rings (SSSR count). The van der Waals surface area contributed by atoms with Gasteiger partial charge in [-0.2, -0.15) is 0 Å². The number of unbranched alkanes of at least 4 members (excludes halogenated alkanes) is 2. The number of nitrogens with one attached hydrogen (secondary N) is 4. The van der Waals surface area contributed by atoms with Gasteiger partial charge in [0.1, 0.15) is 64.5 Å². The van der Waals surface area contributed by atoms with Gasteiger partial charge in [-0.05, 0) is 134 Å². The number of esters is 10. The van der Waals surface area contributed by atoms with Crippen molar-refractivity contribution in [3.63, 3.8) is 0 Å². The van der Waals surface area contributed by atoms with E-state index >= 15 is 0 Å². The molecule has 0 aliphatic carbocycles. The molecule has 30 heteroatoms. The van der Waals surface area contributed by atoms with E-state index in [9.17, 15) is 67.1 Å². The first-order valence-corrected chi connectivity index (χ1v) is 36.5. The van der Waals surface area contributed by atoms with E-state index in [-0.39, 0.29) is 164 Å². The van der Waals surface area contributed by atoms with Crippen LogP contribution in [0, 0.1) is 46.8 Å². The highest BCUT2D eigenvalue weighted by Crippen LogP contribution is 2.39. The Morgan fingerprint density at radius 2 is 0.786 bits per heavy atom. The normalized spacial score (nSPS) is 11.9. The summed E-state index contributed by atoms with van der Waals surface area (Å²) in [5.41, 5.74) is -3.52. The van der Waals surface area contributed by atoms with Crippen molar-refractivity contribution in [2.75, 3.05) is 79.2 Å². The molecule has 3 atom stereocenters. The lowest BCUT2D eigenvalue weighted by Gasteiger charge is -2.35. The van der Waals surface area contributed by atoms with Crippen LogP contribution in [0.4, 0.5) is 0 Å². The number of amides is 2. The Morgan fingerprint density at radius 3 is 1.11 bits per heavy atom. The molecule has 0 saturated carbocycles. The molecule has 0 aliphatic rings. The molecule has 0 aliphatic heterocycles. The number of ether oxygens (including phenoxy) is 10. The van der Waals surface area contributed by atoms with Crippen LogP contribution in [-0.4, -0.2) is 171 Å². The highest BCUT2D eigenvalue weighted by atomic mass is 16.6. The van der Waals surface area contributed by atoms with Gasteiger partial charge >= 0.3 is 59.7 Å². The number of nitrogens with zero attached hydrogens (tertiary/aromatic N) is 2. The molecule has 0 radical (unpaired) electrons. The molecule has 0 saturated heterocycles. The summed E-state index contributed by atoms with van der Waals surface area (Å²) in [4.78, 5) is 183. The third-order valence-electron chi connectivity index (χ3n) is 16.8. The second-order valence-electron chi connectivity index (χ2n) is 28.4. The van der Waals surface area contributed by atoms with Gasteiger partial charge in [0.2, 0.25) is 11.8 Å². The summed E-state index contributed by atoms with van der Waals surface area (Å²) >= 11 is 0. The van der Waals surface area contributed by atoms with Crippen molar-refractivity contribution in [2.24, 2.45) is 33.0 Å². The third kappa shape index (κ3) is 44.6. The van der Waals surface area contributed by atoms with Crippen LogP contribution >= 0.6 is 0 Å². The monoisotopic (exact) mass is 1580 g/mol. The predicted octanol–water partition coefficient (Wildman–Crippen LogP) is 10.9. The molecule has 30 nitrogen and oxygen atoms in total. The van der Waals surface area contributed by atoms with Crippen LogP contribution in [0.25, 0.3) is 0 Å². The highest BCUT2D eigenvalue weighted by molar-refractivity contribution is 5.89. The summed E-state index contributed by atoms with van der Waals surface area (Å²) in [6, 6.07) is 2.66. The quantitative estimate of drug-likeness (QED) is 0.0207. The first-order valence-electron chi connectivity index (χ1n) is 36.5. The number of hydrogen-bond acceptors (Lipinski definition) is 26. The van der Waals surface area contributed by atoms with E-state index in [1.165, 1.54) is 45.9 Å². The van der Waals surface area contributed by atoms with Gasteiger partial charge < -0.3 is 68.0 Å². The van der Waals surface area contributed by atoms with E-state index in [1.54, 1.807) is 69.2 Å². The second-order valence-corrected chi connectivity index (χ2v) is 28.4. The number of aromatic nitrogens is 4. The maximum absolute atomic E-state index is 13.8. The number of hydrogen-bond donors (Lipinski definition) is 4. The molecular formula is C82H130N6O24. The Hall–Kier alpha value is -10.2. The molecule has 0 aromatic carbocycles. The van der Waals surface area contributed by atoms with Crippen molar-refractivity contribution in [3.8, 4) is 0 Å². The van der Waals surface area contributed by atoms with Crippen molar-refractivity contribution in [2.45, 2.75) is 217 Å². The lowest BCUT2D eigenvalue weighted by molar-refractivity contribution is -0.171. The van der Waals surface area contributed by atoms with Gasteiger partial charge in [0, 0.05) is 57.5 Å². The van der Waals surface area contributed by atoms with E-state index < -0.39 is 92.6 Å². The molecule has 2 amide bonds. The summed E-state index contributed by atoms with van der Waals surface area (Å²) in [6.07, 6.45) is 5.94. The van der Waals surface area contributed by atoms with Crippen LogP contribution in [0.5, 0.6) is 0 Å². The van der Waals surface area contributed by atoms with Gasteiger partial charge in [-0.1, -0.05) is 109 Å². The number of aryl methyl sites for hydroxylation is 2. The summed E-state index contributed by atoms with van der Waals surface area (Å²) in [5, 5.41) is 5.19. The number of carbonyl (C=O) groups is 12. The molecule has 0 fully saturated rings. The Balaban J connectivity index is -0.000000860. The van der Waals surface area contributed by atoms with Crippen molar-refractivity contribution < 1.29 is 105 Å². The number of rotatable bonds is 46. The van der Waals surface area contributed by atoms with Gasteiger partial charge in [-0.15, -0.1) is 0 Å². The van der Waals surface area contributed by atoms with E-state index in [4.69, 9.17) is 42.6 Å². The molecule has 2 aromatic rings. The minimum atomic E-state index is -1.26. The van der Waals surface area contributed by atoms with Gasteiger partial charge in [0.05, 0.1) is 72.1 Å². The fourth-order valence-electron chi connectivity index (χ4n) is 8.71. The van der Waals surface area contributed by atoms with Crippen LogP contribution in [0.15, 0.2) is 95.1 Å². The Bertz CT molecular complexity index is 3550. The molecule has 3 unspecified atom stereocenters. The maximum atomic E-state index is 13.8. The Morgan fingerprint density at radius 1 is 0.446 bits per heavy atom. The molecule has 112 heavy (non-hydrogen) atoms. The van der Waals surface area contributed by atoms with Gasteiger partial charge in [-0.3, -0.25) is 38.4 Å². The number of carbonyl (C=O) groups excluding carboxylic acids is 12. The lowest BCUT2D eigenvalue weighted by Crippen LogP contribution is -2.42. The molecule has 0 spiro atoms.